The zero-order valence-electron chi connectivity index (χ0n) is 9.99. The van der Waals surface area contributed by atoms with Crippen LogP contribution in [0.25, 0.3) is 5.69 Å². The minimum absolute atomic E-state index is 0.105. The molecule has 1 heterocycles. The molecule has 0 fully saturated rings. The molecule has 0 spiro atoms. The maximum Gasteiger partial charge on any atom is 0.259 e. The van der Waals surface area contributed by atoms with Gasteiger partial charge >= 0.3 is 0 Å². The maximum atomic E-state index is 12.3. The van der Waals surface area contributed by atoms with E-state index in [2.05, 4.69) is 0 Å². The van der Waals surface area contributed by atoms with Crippen LogP contribution in [-0.2, 0) is 6.42 Å². The van der Waals surface area contributed by atoms with E-state index in [1.807, 2.05) is 31.2 Å². The van der Waals surface area contributed by atoms with Crippen LogP contribution < -0.4 is 5.56 Å². The molecule has 2 aromatic rings. The Kier molecular flexibility index (Phi) is 4.10. The van der Waals surface area contributed by atoms with Crippen molar-refractivity contribution in [3.05, 3.63) is 63.0 Å². The predicted octanol–water partition coefficient (Wildman–Crippen LogP) is 3.58. The molecule has 0 aliphatic carbocycles. The van der Waals surface area contributed by atoms with Gasteiger partial charge in [-0.1, -0.05) is 29.3 Å². The van der Waals surface area contributed by atoms with Gasteiger partial charge in [-0.3, -0.25) is 9.36 Å². The molecule has 18 heavy (non-hydrogen) atoms. The van der Waals surface area contributed by atoms with Gasteiger partial charge in [0, 0.05) is 23.3 Å². The van der Waals surface area contributed by atoms with E-state index >= 15 is 0 Å². The first kappa shape index (κ1) is 13.2. The minimum atomic E-state index is -0.105. The molecular weight excluding hydrogens is 269 g/mol. The van der Waals surface area contributed by atoms with Gasteiger partial charge < -0.3 is 0 Å². The van der Waals surface area contributed by atoms with E-state index in [4.69, 9.17) is 23.2 Å². The molecule has 1 aromatic heterocycles. The second-order valence-electron chi connectivity index (χ2n) is 4.09. The van der Waals surface area contributed by atoms with E-state index in [1.54, 1.807) is 16.8 Å². The van der Waals surface area contributed by atoms with Crippen molar-refractivity contribution >= 4 is 23.2 Å². The third-order valence-corrected chi connectivity index (χ3v) is 3.33. The number of aryl methyl sites for hydroxylation is 1. The molecule has 2 nitrogen and oxygen atoms in total. The Morgan fingerprint density at radius 1 is 1.17 bits per heavy atom. The minimum Gasteiger partial charge on any atom is -0.284 e. The summed E-state index contributed by atoms with van der Waals surface area (Å²) in [5.41, 5.74) is 2.45. The van der Waals surface area contributed by atoms with Crippen LogP contribution in [0.4, 0.5) is 0 Å². The van der Waals surface area contributed by atoms with E-state index < -0.39 is 0 Å². The first-order chi connectivity index (χ1) is 8.63. The van der Waals surface area contributed by atoms with Crippen molar-refractivity contribution in [3.63, 3.8) is 0 Å². The number of alkyl halides is 1. The van der Waals surface area contributed by atoms with Crippen LogP contribution in [0.1, 0.15) is 11.1 Å². The lowest BCUT2D eigenvalue weighted by molar-refractivity contribution is 0.941. The fraction of sp³-hybridized carbons (Fsp3) is 0.214. The van der Waals surface area contributed by atoms with Crippen molar-refractivity contribution in [3.8, 4) is 5.69 Å². The van der Waals surface area contributed by atoms with E-state index in [1.165, 1.54) is 0 Å². The molecule has 0 saturated heterocycles. The third-order valence-electron chi connectivity index (χ3n) is 2.79. The van der Waals surface area contributed by atoms with Gasteiger partial charge in [-0.15, -0.1) is 11.6 Å². The van der Waals surface area contributed by atoms with Gasteiger partial charge in [0.2, 0.25) is 0 Å². The molecule has 0 bridgehead atoms. The number of rotatable bonds is 3. The van der Waals surface area contributed by atoms with Crippen molar-refractivity contribution in [1.82, 2.24) is 4.57 Å². The van der Waals surface area contributed by atoms with Gasteiger partial charge in [-0.25, -0.2) is 0 Å². The van der Waals surface area contributed by atoms with Gasteiger partial charge in [0.15, 0.2) is 0 Å². The second kappa shape index (κ2) is 5.59. The summed E-state index contributed by atoms with van der Waals surface area (Å²) in [5.74, 6) is 0.382. The number of benzene rings is 1. The number of halogens is 2. The molecule has 1 aromatic carbocycles. The summed E-state index contributed by atoms with van der Waals surface area (Å²) >= 11 is 11.7. The summed E-state index contributed by atoms with van der Waals surface area (Å²) in [6, 6.07) is 9.49. The first-order valence-electron chi connectivity index (χ1n) is 5.66. The molecule has 0 radical (unpaired) electrons. The molecular formula is C14H13Cl2NO. The lowest BCUT2D eigenvalue weighted by Gasteiger charge is -2.09. The topological polar surface area (TPSA) is 22.0 Å². The quantitative estimate of drug-likeness (QED) is 0.789. The Labute approximate surface area is 116 Å². The fourth-order valence-corrected chi connectivity index (χ4v) is 2.21. The van der Waals surface area contributed by atoms with Gasteiger partial charge in [-0.2, -0.15) is 0 Å². The summed E-state index contributed by atoms with van der Waals surface area (Å²) in [6.45, 7) is 2.01. The van der Waals surface area contributed by atoms with E-state index in [-0.39, 0.29) is 5.56 Å². The highest BCUT2D eigenvalue weighted by Gasteiger charge is 2.09. The molecule has 0 atom stereocenters. The van der Waals surface area contributed by atoms with Crippen LogP contribution in [0.2, 0.25) is 5.02 Å². The lowest BCUT2D eigenvalue weighted by Crippen LogP contribution is -2.22. The van der Waals surface area contributed by atoms with Crippen molar-refractivity contribution in [2.45, 2.75) is 13.3 Å². The normalized spacial score (nSPS) is 10.6. The maximum absolute atomic E-state index is 12.3. The Morgan fingerprint density at radius 3 is 2.44 bits per heavy atom. The number of nitrogens with zero attached hydrogens (tertiary/aromatic N) is 1. The highest BCUT2D eigenvalue weighted by molar-refractivity contribution is 6.31. The average Bonchev–Trinajstić information content (AvgIpc) is 2.36. The smallest absolute Gasteiger partial charge is 0.259 e. The number of aromatic nitrogens is 1. The average molecular weight is 282 g/mol. The highest BCUT2D eigenvalue weighted by Crippen LogP contribution is 2.15. The van der Waals surface area contributed by atoms with Crippen molar-refractivity contribution in [2.75, 3.05) is 5.88 Å². The zero-order valence-corrected chi connectivity index (χ0v) is 11.5. The van der Waals surface area contributed by atoms with Crippen LogP contribution in [-0.4, -0.2) is 10.4 Å². The molecule has 4 heteroatoms. The Morgan fingerprint density at radius 2 is 1.83 bits per heavy atom. The standard InChI is InChI=1S/C14H13Cl2NO/c1-10-2-4-11(5-3-10)17-9-7-13(16)12(6-8-15)14(17)18/h2-5,7,9H,6,8H2,1H3. The summed E-state index contributed by atoms with van der Waals surface area (Å²) in [6.07, 6.45) is 2.17. The SMILES string of the molecule is Cc1ccc(-n2ccc(Cl)c(CCCl)c2=O)cc1. The molecule has 94 valence electrons. The van der Waals surface area contributed by atoms with Crippen molar-refractivity contribution < 1.29 is 0 Å². The lowest BCUT2D eigenvalue weighted by atomic mass is 10.2. The van der Waals surface area contributed by atoms with E-state index in [0.717, 1.165) is 11.3 Å². The number of hydrogen-bond acceptors (Lipinski definition) is 1. The van der Waals surface area contributed by atoms with E-state index in [9.17, 15) is 4.79 Å². The molecule has 0 N–H and O–H groups in total. The molecule has 0 amide bonds. The van der Waals surface area contributed by atoms with Crippen LogP contribution >= 0.6 is 23.2 Å². The highest BCUT2D eigenvalue weighted by atomic mass is 35.5. The van der Waals surface area contributed by atoms with Crippen LogP contribution in [0.3, 0.4) is 0 Å². The summed E-state index contributed by atoms with van der Waals surface area (Å²) in [7, 11) is 0. The summed E-state index contributed by atoms with van der Waals surface area (Å²) in [4.78, 5) is 12.3. The number of pyridine rings is 1. The van der Waals surface area contributed by atoms with Crippen molar-refractivity contribution in [1.29, 1.82) is 0 Å². The van der Waals surface area contributed by atoms with Gasteiger partial charge in [0.05, 0.1) is 5.02 Å². The first-order valence-corrected chi connectivity index (χ1v) is 6.58. The predicted molar refractivity (Wildman–Crippen MR) is 76.2 cm³/mol. The van der Waals surface area contributed by atoms with Crippen molar-refractivity contribution in [2.24, 2.45) is 0 Å². The summed E-state index contributed by atoms with van der Waals surface area (Å²) < 4.78 is 1.59. The van der Waals surface area contributed by atoms with Crippen LogP contribution in [0, 0.1) is 6.92 Å². The largest absolute Gasteiger partial charge is 0.284 e. The zero-order chi connectivity index (χ0) is 13.1. The van der Waals surface area contributed by atoms with Crippen LogP contribution in [0.15, 0.2) is 41.3 Å². The Bertz CT molecular complexity index is 602. The van der Waals surface area contributed by atoms with Gasteiger partial charge in [0.25, 0.3) is 5.56 Å². The summed E-state index contributed by atoms with van der Waals surface area (Å²) in [5, 5.41) is 0.476. The Hall–Kier alpha value is -1.25. The Balaban J connectivity index is 2.55. The fourth-order valence-electron chi connectivity index (χ4n) is 1.79. The second-order valence-corrected chi connectivity index (χ2v) is 4.88. The molecule has 0 aliphatic heterocycles. The molecule has 0 saturated carbocycles. The molecule has 0 unspecified atom stereocenters. The molecule has 2 rings (SSSR count). The van der Waals surface area contributed by atoms with Gasteiger partial charge in [0.1, 0.15) is 0 Å². The monoisotopic (exact) mass is 281 g/mol. The van der Waals surface area contributed by atoms with Gasteiger partial charge in [-0.05, 0) is 31.5 Å². The van der Waals surface area contributed by atoms with Crippen LogP contribution in [0.5, 0.6) is 0 Å². The third kappa shape index (κ3) is 2.60. The van der Waals surface area contributed by atoms with E-state index in [0.29, 0.717) is 22.9 Å². The molecule has 0 aliphatic rings. The number of hydrogen-bond donors (Lipinski definition) is 0.